The van der Waals surface area contributed by atoms with Crippen molar-refractivity contribution in [2.45, 2.75) is 58.4 Å². The highest BCUT2D eigenvalue weighted by Gasteiger charge is 2.25. The third-order valence-electron chi connectivity index (χ3n) is 4.15. The van der Waals surface area contributed by atoms with Gasteiger partial charge in [0.1, 0.15) is 0 Å². The maximum Gasteiger partial charge on any atom is 0.0597 e. The second kappa shape index (κ2) is 6.37. The molecule has 1 atom stereocenters. The number of aryl methyl sites for hydroxylation is 2. The van der Waals surface area contributed by atoms with E-state index < -0.39 is 0 Å². The van der Waals surface area contributed by atoms with Gasteiger partial charge >= 0.3 is 0 Å². The quantitative estimate of drug-likeness (QED) is 0.829. The molecular weight excluding hydrogens is 222 g/mol. The van der Waals surface area contributed by atoms with E-state index in [1.807, 2.05) is 0 Å². The Morgan fingerprint density at radius 2 is 2.00 bits per heavy atom. The van der Waals surface area contributed by atoms with Crippen molar-refractivity contribution in [3.63, 3.8) is 0 Å². The lowest BCUT2D eigenvalue weighted by molar-refractivity contribution is 0.316. The fourth-order valence-electron chi connectivity index (χ4n) is 3.30. The topological polar surface area (TPSA) is 29.9 Å². The van der Waals surface area contributed by atoms with E-state index in [2.05, 4.69) is 42.1 Å². The van der Waals surface area contributed by atoms with Crippen LogP contribution in [0.3, 0.4) is 0 Å². The summed E-state index contributed by atoms with van der Waals surface area (Å²) < 4.78 is 2.06. The van der Waals surface area contributed by atoms with E-state index in [9.17, 15) is 0 Å². The first-order valence-electron chi connectivity index (χ1n) is 7.46. The van der Waals surface area contributed by atoms with Gasteiger partial charge in [-0.2, -0.15) is 5.10 Å². The Bertz CT molecular complexity index is 362. The number of rotatable bonds is 4. The predicted octanol–water partition coefficient (Wildman–Crippen LogP) is 3.35. The molecule has 3 heteroatoms. The first-order valence-corrected chi connectivity index (χ1v) is 7.46. The molecule has 2 rings (SSSR count). The van der Waals surface area contributed by atoms with Gasteiger partial charge < -0.3 is 5.32 Å². The molecule has 1 aromatic heterocycles. The minimum absolute atomic E-state index is 0.485. The van der Waals surface area contributed by atoms with Crippen molar-refractivity contribution >= 4 is 0 Å². The molecule has 0 aliphatic heterocycles. The molecule has 3 nitrogen and oxygen atoms in total. The average Bonchev–Trinajstić information content (AvgIpc) is 2.58. The van der Waals surface area contributed by atoms with Crippen molar-refractivity contribution in [3.05, 3.63) is 17.5 Å². The molecule has 1 heterocycles. The SMILES string of the molecule is CCNC(c1cc(C)nn1C)C1CCCCCC1. The van der Waals surface area contributed by atoms with E-state index in [0.29, 0.717) is 6.04 Å². The Morgan fingerprint density at radius 3 is 2.50 bits per heavy atom. The standard InChI is InChI=1S/C15H27N3/c1-4-16-15(13-9-7-5-6-8-10-13)14-11-12(2)17-18(14)3/h11,13,15-16H,4-10H2,1-3H3. The Morgan fingerprint density at radius 1 is 1.33 bits per heavy atom. The third-order valence-corrected chi connectivity index (χ3v) is 4.15. The van der Waals surface area contributed by atoms with Crippen LogP contribution in [0.4, 0.5) is 0 Å². The highest BCUT2D eigenvalue weighted by Crippen LogP contribution is 2.33. The molecule has 1 fully saturated rings. The summed E-state index contributed by atoms with van der Waals surface area (Å²) in [6, 6.07) is 2.73. The number of hydrogen-bond donors (Lipinski definition) is 1. The number of nitrogens with zero attached hydrogens (tertiary/aromatic N) is 2. The molecule has 1 aliphatic carbocycles. The minimum atomic E-state index is 0.485. The molecule has 1 saturated carbocycles. The summed E-state index contributed by atoms with van der Waals surface area (Å²) >= 11 is 0. The normalized spacial score (nSPS) is 19.7. The van der Waals surface area contributed by atoms with Gasteiger partial charge in [0.05, 0.1) is 17.4 Å². The highest BCUT2D eigenvalue weighted by molar-refractivity contribution is 5.14. The monoisotopic (exact) mass is 249 g/mol. The molecule has 0 aromatic carbocycles. The van der Waals surface area contributed by atoms with E-state index >= 15 is 0 Å². The molecule has 0 radical (unpaired) electrons. The van der Waals surface area contributed by atoms with Gasteiger partial charge in [-0.1, -0.05) is 32.6 Å². The summed E-state index contributed by atoms with van der Waals surface area (Å²) in [5.74, 6) is 0.780. The van der Waals surface area contributed by atoms with Crippen LogP contribution in [0.2, 0.25) is 0 Å². The molecule has 0 bridgehead atoms. The van der Waals surface area contributed by atoms with Crippen LogP contribution in [0.15, 0.2) is 6.07 Å². The zero-order valence-electron chi connectivity index (χ0n) is 12.1. The summed E-state index contributed by atoms with van der Waals surface area (Å²) in [6.07, 6.45) is 8.34. The van der Waals surface area contributed by atoms with Crippen LogP contribution in [0.1, 0.15) is 62.9 Å². The van der Waals surface area contributed by atoms with Crippen LogP contribution >= 0.6 is 0 Å². The van der Waals surface area contributed by atoms with Crippen LogP contribution in [-0.2, 0) is 7.05 Å². The molecule has 1 aliphatic rings. The maximum atomic E-state index is 4.51. The lowest BCUT2D eigenvalue weighted by Crippen LogP contribution is -2.30. The van der Waals surface area contributed by atoms with E-state index in [4.69, 9.17) is 0 Å². The lowest BCUT2D eigenvalue weighted by atomic mass is 9.89. The van der Waals surface area contributed by atoms with Gasteiger partial charge in [0, 0.05) is 7.05 Å². The Kier molecular flexibility index (Phi) is 4.81. The second-order valence-electron chi connectivity index (χ2n) is 5.62. The van der Waals surface area contributed by atoms with Crippen molar-refractivity contribution in [1.29, 1.82) is 0 Å². The Labute approximate surface area is 111 Å². The summed E-state index contributed by atoms with van der Waals surface area (Å²) in [6.45, 7) is 5.32. The van der Waals surface area contributed by atoms with Crippen LogP contribution < -0.4 is 5.32 Å². The molecule has 1 unspecified atom stereocenters. The van der Waals surface area contributed by atoms with Crippen LogP contribution in [0.5, 0.6) is 0 Å². The van der Waals surface area contributed by atoms with Gasteiger partial charge in [0.2, 0.25) is 0 Å². The van der Waals surface area contributed by atoms with Crippen molar-refractivity contribution in [1.82, 2.24) is 15.1 Å². The molecule has 0 spiro atoms. The molecule has 18 heavy (non-hydrogen) atoms. The van der Waals surface area contributed by atoms with E-state index in [1.54, 1.807) is 0 Å². The lowest BCUT2D eigenvalue weighted by Gasteiger charge is -2.27. The molecule has 1 aromatic rings. The Hall–Kier alpha value is -0.830. The van der Waals surface area contributed by atoms with E-state index in [1.165, 1.54) is 44.2 Å². The number of aromatic nitrogens is 2. The highest BCUT2D eigenvalue weighted by atomic mass is 15.3. The second-order valence-corrected chi connectivity index (χ2v) is 5.62. The van der Waals surface area contributed by atoms with Crippen LogP contribution in [-0.4, -0.2) is 16.3 Å². The molecule has 102 valence electrons. The fraction of sp³-hybridized carbons (Fsp3) is 0.800. The van der Waals surface area contributed by atoms with E-state index in [-0.39, 0.29) is 0 Å². The van der Waals surface area contributed by atoms with Gasteiger partial charge in [0.25, 0.3) is 0 Å². The van der Waals surface area contributed by atoms with Gasteiger partial charge in [-0.15, -0.1) is 0 Å². The maximum absolute atomic E-state index is 4.51. The summed E-state index contributed by atoms with van der Waals surface area (Å²) in [7, 11) is 2.07. The van der Waals surface area contributed by atoms with Gasteiger partial charge in [-0.25, -0.2) is 0 Å². The van der Waals surface area contributed by atoms with E-state index in [0.717, 1.165) is 18.2 Å². The van der Waals surface area contributed by atoms with Gasteiger partial charge in [0.15, 0.2) is 0 Å². The average molecular weight is 249 g/mol. The predicted molar refractivity (Wildman–Crippen MR) is 75.6 cm³/mol. The third kappa shape index (κ3) is 3.14. The summed E-state index contributed by atoms with van der Waals surface area (Å²) in [5.41, 5.74) is 2.49. The van der Waals surface area contributed by atoms with Gasteiger partial charge in [-0.05, 0) is 38.3 Å². The number of hydrogen-bond acceptors (Lipinski definition) is 2. The van der Waals surface area contributed by atoms with Crippen molar-refractivity contribution in [3.8, 4) is 0 Å². The number of nitrogens with one attached hydrogen (secondary N) is 1. The first kappa shape index (κ1) is 13.6. The van der Waals surface area contributed by atoms with Crippen molar-refractivity contribution < 1.29 is 0 Å². The summed E-state index contributed by atoms with van der Waals surface area (Å²) in [4.78, 5) is 0. The molecule has 0 amide bonds. The molecular formula is C15H27N3. The zero-order chi connectivity index (χ0) is 13.0. The fourth-order valence-corrected chi connectivity index (χ4v) is 3.30. The summed E-state index contributed by atoms with van der Waals surface area (Å²) in [5, 5.41) is 8.20. The van der Waals surface area contributed by atoms with Gasteiger partial charge in [-0.3, -0.25) is 4.68 Å². The zero-order valence-corrected chi connectivity index (χ0v) is 12.1. The first-order chi connectivity index (χ1) is 8.72. The van der Waals surface area contributed by atoms with Crippen molar-refractivity contribution in [2.24, 2.45) is 13.0 Å². The van der Waals surface area contributed by atoms with Crippen molar-refractivity contribution in [2.75, 3.05) is 6.54 Å². The molecule has 1 N–H and O–H groups in total. The Balaban J connectivity index is 2.18. The minimum Gasteiger partial charge on any atom is -0.309 e. The van der Waals surface area contributed by atoms with Crippen LogP contribution in [0.25, 0.3) is 0 Å². The largest absolute Gasteiger partial charge is 0.309 e. The van der Waals surface area contributed by atoms with Crippen LogP contribution in [0, 0.1) is 12.8 Å². The smallest absolute Gasteiger partial charge is 0.0597 e. The molecule has 0 saturated heterocycles.